The van der Waals surface area contributed by atoms with Crippen LogP contribution in [-0.4, -0.2) is 37.1 Å². The van der Waals surface area contributed by atoms with Crippen molar-refractivity contribution in [3.63, 3.8) is 0 Å². The Kier molecular flexibility index (Phi) is 4.17. The molecule has 0 bridgehead atoms. The minimum absolute atomic E-state index is 0.173. The molecule has 4 rings (SSSR count). The number of H-pyrrole nitrogens is 1. The standard InChI is InChI=1S/C18H21N5OS/c1-12(2)23-15-3-7-22(16(24)9-13-4-8-25-11-13)10-14(15)17(21-23)18-19-5-6-20-18/h4-6,8,11-12H,3,7,9-10H2,1-2H3,(H,19,20). The Labute approximate surface area is 150 Å². The van der Waals surface area contributed by atoms with Crippen LogP contribution in [-0.2, 0) is 24.2 Å². The van der Waals surface area contributed by atoms with Crippen LogP contribution in [0.5, 0.6) is 0 Å². The maximum atomic E-state index is 12.7. The Morgan fingerprint density at radius 2 is 2.32 bits per heavy atom. The number of fused-ring (bicyclic) bond motifs is 1. The number of hydrogen-bond donors (Lipinski definition) is 1. The molecule has 0 aliphatic carbocycles. The molecule has 0 radical (unpaired) electrons. The molecule has 6 nitrogen and oxygen atoms in total. The molecule has 0 spiro atoms. The number of aromatic nitrogens is 4. The SMILES string of the molecule is CC(C)n1nc(-c2ncc[nH]2)c2c1CCN(C(=O)Cc1ccsc1)C2. The monoisotopic (exact) mass is 355 g/mol. The van der Waals surface area contributed by atoms with Crippen LogP contribution < -0.4 is 0 Å². The highest BCUT2D eigenvalue weighted by Gasteiger charge is 2.29. The van der Waals surface area contributed by atoms with Gasteiger partial charge in [0, 0.05) is 49.2 Å². The van der Waals surface area contributed by atoms with Crippen LogP contribution in [0.25, 0.3) is 11.5 Å². The van der Waals surface area contributed by atoms with E-state index in [0.29, 0.717) is 13.0 Å². The number of hydrogen-bond acceptors (Lipinski definition) is 4. The van der Waals surface area contributed by atoms with E-state index in [0.717, 1.165) is 35.6 Å². The molecule has 1 N–H and O–H groups in total. The molecule has 4 heterocycles. The number of carbonyl (C=O) groups is 1. The van der Waals surface area contributed by atoms with Gasteiger partial charge in [0.15, 0.2) is 5.82 Å². The first-order chi connectivity index (χ1) is 12.1. The molecule has 0 saturated heterocycles. The summed E-state index contributed by atoms with van der Waals surface area (Å²) in [6, 6.07) is 2.30. The van der Waals surface area contributed by atoms with E-state index in [4.69, 9.17) is 5.10 Å². The molecule has 3 aromatic rings. The van der Waals surface area contributed by atoms with Crippen LogP contribution in [0.2, 0.25) is 0 Å². The van der Waals surface area contributed by atoms with Crippen LogP contribution in [0.3, 0.4) is 0 Å². The van der Waals surface area contributed by atoms with Crippen LogP contribution in [0.15, 0.2) is 29.2 Å². The largest absolute Gasteiger partial charge is 0.343 e. The topological polar surface area (TPSA) is 66.8 Å². The summed E-state index contributed by atoms with van der Waals surface area (Å²) in [5, 5.41) is 8.84. The molecule has 130 valence electrons. The number of imidazole rings is 1. The lowest BCUT2D eigenvalue weighted by Gasteiger charge is -2.28. The van der Waals surface area contributed by atoms with Gasteiger partial charge in [-0.3, -0.25) is 9.48 Å². The third kappa shape index (κ3) is 3.00. The third-order valence-corrected chi connectivity index (χ3v) is 5.32. The van der Waals surface area contributed by atoms with Crippen molar-refractivity contribution in [3.05, 3.63) is 46.0 Å². The Balaban J connectivity index is 1.64. The lowest BCUT2D eigenvalue weighted by molar-refractivity contribution is -0.131. The molecular formula is C18H21N5OS. The second-order valence-corrected chi connectivity index (χ2v) is 7.40. The van der Waals surface area contributed by atoms with E-state index in [2.05, 4.69) is 28.5 Å². The average molecular weight is 355 g/mol. The number of amides is 1. The van der Waals surface area contributed by atoms with Crippen molar-refractivity contribution in [1.29, 1.82) is 0 Å². The van der Waals surface area contributed by atoms with Crippen LogP contribution in [0, 0.1) is 0 Å². The lowest BCUT2D eigenvalue weighted by atomic mass is 10.0. The molecule has 1 amide bonds. The summed E-state index contributed by atoms with van der Waals surface area (Å²) in [4.78, 5) is 22.1. The molecule has 0 unspecified atom stereocenters. The van der Waals surface area contributed by atoms with Crippen LogP contribution in [0.1, 0.15) is 36.7 Å². The summed E-state index contributed by atoms with van der Waals surface area (Å²) in [5.74, 6) is 0.939. The lowest BCUT2D eigenvalue weighted by Crippen LogP contribution is -2.37. The summed E-state index contributed by atoms with van der Waals surface area (Å²) in [6.07, 6.45) is 4.83. The van der Waals surface area contributed by atoms with E-state index in [1.807, 2.05) is 21.7 Å². The van der Waals surface area contributed by atoms with Gasteiger partial charge in [-0.2, -0.15) is 16.4 Å². The minimum atomic E-state index is 0.173. The molecule has 3 aromatic heterocycles. The maximum absolute atomic E-state index is 12.7. The van der Waals surface area contributed by atoms with Crippen molar-refractivity contribution in [2.75, 3.05) is 6.54 Å². The molecule has 7 heteroatoms. The fourth-order valence-electron chi connectivity index (χ4n) is 3.35. The molecular weight excluding hydrogens is 334 g/mol. The van der Waals surface area contributed by atoms with Crippen molar-refractivity contribution < 1.29 is 4.79 Å². The molecule has 1 aliphatic heterocycles. The predicted molar refractivity (Wildman–Crippen MR) is 97.3 cm³/mol. The van der Waals surface area contributed by atoms with Crippen molar-refractivity contribution in [1.82, 2.24) is 24.6 Å². The third-order valence-electron chi connectivity index (χ3n) is 4.59. The highest BCUT2D eigenvalue weighted by molar-refractivity contribution is 7.08. The Bertz CT molecular complexity index is 864. The summed E-state index contributed by atoms with van der Waals surface area (Å²) in [5.41, 5.74) is 4.29. The zero-order chi connectivity index (χ0) is 17.4. The first kappa shape index (κ1) is 16.1. The second kappa shape index (κ2) is 6.48. The Hall–Kier alpha value is -2.41. The van der Waals surface area contributed by atoms with Gasteiger partial charge in [0.25, 0.3) is 0 Å². The van der Waals surface area contributed by atoms with E-state index in [1.54, 1.807) is 23.7 Å². The van der Waals surface area contributed by atoms with E-state index in [9.17, 15) is 4.79 Å². The number of nitrogens with zero attached hydrogens (tertiary/aromatic N) is 4. The molecule has 1 aliphatic rings. The van der Waals surface area contributed by atoms with Crippen molar-refractivity contribution in [2.24, 2.45) is 0 Å². The van der Waals surface area contributed by atoms with Crippen molar-refractivity contribution in [3.8, 4) is 11.5 Å². The van der Waals surface area contributed by atoms with Gasteiger partial charge in [-0.05, 0) is 36.2 Å². The number of rotatable bonds is 4. The summed E-state index contributed by atoms with van der Waals surface area (Å²) in [7, 11) is 0. The molecule has 0 fully saturated rings. The van der Waals surface area contributed by atoms with E-state index in [-0.39, 0.29) is 11.9 Å². The fraction of sp³-hybridized carbons (Fsp3) is 0.389. The van der Waals surface area contributed by atoms with Gasteiger partial charge in [0.05, 0.1) is 6.42 Å². The van der Waals surface area contributed by atoms with E-state index < -0.39 is 0 Å². The zero-order valence-electron chi connectivity index (χ0n) is 14.4. The molecule has 25 heavy (non-hydrogen) atoms. The smallest absolute Gasteiger partial charge is 0.227 e. The van der Waals surface area contributed by atoms with Gasteiger partial charge in [0.2, 0.25) is 5.91 Å². The maximum Gasteiger partial charge on any atom is 0.227 e. The summed E-state index contributed by atoms with van der Waals surface area (Å²) in [6.45, 7) is 5.60. The Morgan fingerprint density at radius 1 is 1.44 bits per heavy atom. The van der Waals surface area contributed by atoms with Gasteiger partial charge in [0.1, 0.15) is 5.69 Å². The van der Waals surface area contributed by atoms with E-state index >= 15 is 0 Å². The number of aromatic amines is 1. The molecule has 0 saturated carbocycles. The summed E-state index contributed by atoms with van der Waals surface area (Å²) >= 11 is 1.63. The minimum Gasteiger partial charge on any atom is -0.343 e. The van der Waals surface area contributed by atoms with E-state index in [1.165, 1.54) is 5.69 Å². The second-order valence-electron chi connectivity index (χ2n) is 6.62. The number of nitrogens with one attached hydrogen (secondary N) is 1. The normalized spacial score (nSPS) is 14.1. The van der Waals surface area contributed by atoms with Gasteiger partial charge >= 0.3 is 0 Å². The molecule has 0 atom stereocenters. The fourth-order valence-corrected chi connectivity index (χ4v) is 4.02. The number of carbonyl (C=O) groups excluding carboxylic acids is 1. The number of thiophene rings is 1. The quantitative estimate of drug-likeness (QED) is 0.782. The van der Waals surface area contributed by atoms with Gasteiger partial charge in [-0.15, -0.1) is 0 Å². The Morgan fingerprint density at radius 3 is 3.00 bits per heavy atom. The van der Waals surface area contributed by atoms with Gasteiger partial charge in [-0.1, -0.05) is 0 Å². The van der Waals surface area contributed by atoms with Crippen LogP contribution in [0.4, 0.5) is 0 Å². The zero-order valence-corrected chi connectivity index (χ0v) is 15.2. The van der Waals surface area contributed by atoms with Crippen molar-refractivity contribution >= 4 is 17.2 Å². The first-order valence-electron chi connectivity index (χ1n) is 8.52. The van der Waals surface area contributed by atoms with Gasteiger partial charge < -0.3 is 9.88 Å². The van der Waals surface area contributed by atoms with Gasteiger partial charge in [-0.25, -0.2) is 4.98 Å². The highest BCUT2D eigenvalue weighted by Crippen LogP contribution is 2.30. The van der Waals surface area contributed by atoms with Crippen LogP contribution >= 0.6 is 11.3 Å². The summed E-state index contributed by atoms with van der Waals surface area (Å²) < 4.78 is 2.08. The first-order valence-corrected chi connectivity index (χ1v) is 9.46. The highest BCUT2D eigenvalue weighted by atomic mass is 32.1. The predicted octanol–water partition coefficient (Wildman–Crippen LogP) is 3.04. The van der Waals surface area contributed by atoms with Crippen molar-refractivity contribution in [2.45, 2.75) is 39.3 Å². The average Bonchev–Trinajstić information content (AvgIpc) is 3.34. The molecule has 0 aromatic carbocycles.